The maximum atomic E-state index is 12.6. The lowest BCUT2D eigenvalue weighted by Crippen LogP contribution is -2.40. The Morgan fingerprint density at radius 1 is 1.43 bits per heavy atom. The van der Waals surface area contributed by atoms with Crippen LogP contribution in [0.4, 0.5) is 0 Å². The van der Waals surface area contributed by atoms with Crippen LogP contribution in [-0.4, -0.2) is 44.6 Å². The van der Waals surface area contributed by atoms with Crippen molar-refractivity contribution in [1.82, 2.24) is 14.9 Å². The summed E-state index contributed by atoms with van der Waals surface area (Å²) in [6.45, 7) is 5.13. The van der Waals surface area contributed by atoms with Crippen molar-refractivity contribution in [3.05, 3.63) is 28.5 Å². The number of fused-ring (bicyclic) bond motifs is 1. The molecule has 6 heteroatoms. The molecule has 23 heavy (non-hydrogen) atoms. The van der Waals surface area contributed by atoms with Gasteiger partial charge in [-0.3, -0.25) is 4.79 Å². The Labute approximate surface area is 144 Å². The summed E-state index contributed by atoms with van der Waals surface area (Å²) in [4.78, 5) is 22.0. The van der Waals surface area contributed by atoms with Gasteiger partial charge in [0.1, 0.15) is 0 Å². The van der Waals surface area contributed by atoms with E-state index in [4.69, 9.17) is 0 Å². The second-order valence-corrected chi connectivity index (χ2v) is 7.91. The second-order valence-electron chi connectivity index (χ2n) is 7.00. The zero-order chi connectivity index (χ0) is 16.6. The smallest absolute Gasteiger partial charge is 0.289 e. The molecule has 1 aromatic heterocycles. The van der Waals surface area contributed by atoms with Gasteiger partial charge in [-0.15, -0.1) is 0 Å². The van der Waals surface area contributed by atoms with Gasteiger partial charge in [0.2, 0.25) is 0 Å². The third kappa shape index (κ3) is 3.93. The number of aromatic nitrogens is 2. The van der Waals surface area contributed by atoms with E-state index in [9.17, 15) is 9.90 Å². The first-order valence-electron chi connectivity index (χ1n) is 7.99. The highest BCUT2D eigenvalue weighted by Gasteiger charge is 2.28. The van der Waals surface area contributed by atoms with E-state index in [1.807, 2.05) is 36.9 Å². The molecule has 0 bridgehead atoms. The van der Waals surface area contributed by atoms with Crippen LogP contribution in [0.2, 0.25) is 0 Å². The van der Waals surface area contributed by atoms with Crippen LogP contribution >= 0.6 is 15.9 Å². The Hall–Kier alpha value is -1.40. The number of amides is 1. The van der Waals surface area contributed by atoms with E-state index >= 15 is 0 Å². The third-order valence-corrected chi connectivity index (χ3v) is 4.83. The number of piperidine rings is 1. The number of benzene rings is 1. The fourth-order valence-electron chi connectivity index (χ4n) is 3.28. The third-order valence-electron chi connectivity index (χ3n) is 4.34. The minimum Gasteiger partial charge on any atom is -0.390 e. The molecule has 1 fully saturated rings. The normalized spacial score (nSPS) is 17.0. The van der Waals surface area contributed by atoms with Crippen molar-refractivity contribution in [3.8, 4) is 0 Å². The molecule has 1 amide bonds. The van der Waals surface area contributed by atoms with Crippen LogP contribution in [0.3, 0.4) is 0 Å². The maximum Gasteiger partial charge on any atom is 0.289 e. The summed E-state index contributed by atoms with van der Waals surface area (Å²) in [6.07, 6.45) is 2.65. The number of nitrogens with zero attached hydrogens (tertiary/aromatic N) is 2. The summed E-state index contributed by atoms with van der Waals surface area (Å²) >= 11 is 3.42. The lowest BCUT2D eigenvalue weighted by molar-refractivity contribution is 0.0355. The molecule has 0 unspecified atom stereocenters. The van der Waals surface area contributed by atoms with Crippen molar-refractivity contribution < 1.29 is 9.90 Å². The number of aliphatic hydroxyl groups is 1. The minimum absolute atomic E-state index is 0.0426. The van der Waals surface area contributed by atoms with Gasteiger partial charge < -0.3 is 15.0 Å². The Balaban J connectivity index is 1.66. The molecular weight excluding hydrogens is 358 g/mol. The van der Waals surface area contributed by atoms with Gasteiger partial charge in [-0.25, -0.2) is 4.98 Å². The molecule has 1 aliphatic heterocycles. The van der Waals surface area contributed by atoms with Gasteiger partial charge >= 0.3 is 0 Å². The number of hydrogen-bond donors (Lipinski definition) is 2. The van der Waals surface area contributed by atoms with Crippen LogP contribution < -0.4 is 0 Å². The van der Waals surface area contributed by atoms with Gasteiger partial charge in [-0.2, -0.15) is 0 Å². The predicted octanol–water partition coefficient (Wildman–Crippen LogP) is 3.34. The number of hydrogen-bond acceptors (Lipinski definition) is 3. The first-order chi connectivity index (χ1) is 10.8. The molecule has 0 aliphatic carbocycles. The topological polar surface area (TPSA) is 69.2 Å². The first kappa shape index (κ1) is 16.5. The number of H-pyrrole nitrogens is 1. The Morgan fingerprint density at radius 2 is 2.13 bits per heavy atom. The summed E-state index contributed by atoms with van der Waals surface area (Å²) in [5, 5.41) is 9.93. The Kier molecular flexibility index (Phi) is 4.47. The van der Waals surface area contributed by atoms with Crippen molar-refractivity contribution in [1.29, 1.82) is 0 Å². The Bertz CT molecular complexity index is 712. The number of nitrogens with one attached hydrogen (secondary N) is 1. The highest BCUT2D eigenvalue weighted by atomic mass is 79.9. The van der Waals surface area contributed by atoms with Crippen LogP contribution in [0.25, 0.3) is 11.0 Å². The molecule has 3 rings (SSSR count). The highest BCUT2D eigenvalue weighted by molar-refractivity contribution is 9.10. The quantitative estimate of drug-likeness (QED) is 0.858. The zero-order valence-electron chi connectivity index (χ0n) is 13.5. The van der Waals surface area contributed by atoms with Crippen LogP contribution in [0.5, 0.6) is 0 Å². The molecule has 1 aromatic carbocycles. The Morgan fingerprint density at radius 3 is 2.78 bits per heavy atom. The molecule has 0 saturated carbocycles. The number of carbonyl (C=O) groups excluding carboxylic acids is 1. The fourth-order valence-corrected chi connectivity index (χ4v) is 3.63. The fraction of sp³-hybridized carbons (Fsp3) is 0.529. The number of imidazole rings is 1. The van der Waals surface area contributed by atoms with Gasteiger partial charge in [-0.05, 0) is 57.2 Å². The van der Waals surface area contributed by atoms with Crippen molar-refractivity contribution in [2.24, 2.45) is 5.92 Å². The molecule has 0 spiro atoms. The van der Waals surface area contributed by atoms with Crippen molar-refractivity contribution in [2.45, 2.75) is 38.7 Å². The molecular formula is C17H22BrN3O2. The molecule has 0 atom stereocenters. The van der Waals surface area contributed by atoms with E-state index in [2.05, 4.69) is 25.9 Å². The van der Waals surface area contributed by atoms with Crippen molar-refractivity contribution in [3.63, 3.8) is 0 Å². The van der Waals surface area contributed by atoms with Gasteiger partial charge in [0, 0.05) is 17.6 Å². The minimum atomic E-state index is -0.636. The summed E-state index contributed by atoms with van der Waals surface area (Å²) in [5.74, 6) is 0.837. The number of rotatable bonds is 3. The maximum absolute atomic E-state index is 12.6. The SMILES string of the molecule is CC(C)(O)CC1CCN(C(=O)c2nc3cc(Br)ccc3[nH]2)CC1. The molecule has 2 N–H and O–H groups in total. The highest BCUT2D eigenvalue weighted by Crippen LogP contribution is 2.27. The molecule has 1 aliphatic rings. The van der Waals surface area contributed by atoms with Crippen LogP contribution in [0.15, 0.2) is 22.7 Å². The largest absolute Gasteiger partial charge is 0.390 e. The first-order valence-corrected chi connectivity index (χ1v) is 8.78. The number of aromatic amines is 1. The van der Waals surface area contributed by atoms with Gasteiger partial charge in [0.05, 0.1) is 16.6 Å². The standard InChI is InChI=1S/C17H22BrN3O2/c1-17(2,23)10-11-5-7-21(8-6-11)16(22)15-19-13-4-3-12(18)9-14(13)20-15/h3-4,9,11,23H,5-8,10H2,1-2H3,(H,19,20). The lowest BCUT2D eigenvalue weighted by Gasteiger charge is -2.34. The van der Waals surface area contributed by atoms with Gasteiger partial charge in [-0.1, -0.05) is 15.9 Å². The van der Waals surface area contributed by atoms with E-state index in [0.717, 1.165) is 47.9 Å². The number of carbonyl (C=O) groups is 1. The monoisotopic (exact) mass is 379 g/mol. The van der Waals surface area contributed by atoms with Crippen LogP contribution in [0.1, 0.15) is 43.7 Å². The lowest BCUT2D eigenvalue weighted by atomic mass is 9.86. The average molecular weight is 380 g/mol. The van der Waals surface area contributed by atoms with E-state index in [1.54, 1.807) is 0 Å². The van der Waals surface area contributed by atoms with E-state index < -0.39 is 5.60 Å². The number of halogens is 1. The number of likely N-dealkylation sites (tertiary alicyclic amines) is 1. The van der Waals surface area contributed by atoms with Crippen LogP contribution in [-0.2, 0) is 0 Å². The molecule has 124 valence electrons. The van der Waals surface area contributed by atoms with Crippen molar-refractivity contribution in [2.75, 3.05) is 13.1 Å². The molecule has 5 nitrogen and oxygen atoms in total. The molecule has 2 aromatic rings. The van der Waals surface area contributed by atoms with E-state index in [-0.39, 0.29) is 5.91 Å². The molecule has 2 heterocycles. The summed E-state index contributed by atoms with van der Waals surface area (Å²) in [6, 6.07) is 5.74. The second kappa shape index (κ2) is 6.24. The average Bonchev–Trinajstić information content (AvgIpc) is 2.88. The van der Waals surface area contributed by atoms with E-state index in [1.165, 1.54) is 0 Å². The zero-order valence-corrected chi connectivity index (χ0v) is 15.1. The predicted molar refractivity (Wildman–Crippen MR) is 93.3 cm³/mol. The summed E-state index contributed by atoms with van der Waals surface area (Å²) in [7, 11) is 0. The van der Waals surface area contributed by atoms with E-state index in [0.29, 0.717) is 11.7 Å². The summed E-state index contributed by atoms with van der Waals surface area (Å²) < 4.78 is 0.947. The van der Waals surface area contributed by atoms with Gasteiger partial charge in [0.15, 0.2) is 5.82 Å². The van der Waals surface area contributed by atoms with Gasteiger partial charge in [0.25, 0.3) is 5.91 Å². The molecule has 1 saturated heterocycles. The van der Waals surface area contributed by atoms with Crippen molar-refractivity contribution >= 4 is 32.9 Å². The molecule has 0 radical (unpaired) electrons. The van der Waals surface area contributed by atoms with Crippen LogP contribution in [0, 0.1) is 5.92 Å². The summed E-state index contributed by atoms with van der Waals surface area (Å²) in [5.41, 5.74) is 1.02.